The van der Waals surface area contributed by atoms with Gasteiger partial charge < -0.3 is 15.0 Å². The summed E-state index contributed by atoms with van der Waals surface area (Å²) in [6.45, 7) is 6.86. The highest BCUT2D eigenvalue weighted by Crippen LogP contribution is 2.28. The molecule has 1 heterocycles. The summed E-state index contributed by atoms with van der Waals surface area (Å²) in [6, 6.07) is 6.45. The number of hydrogen-bond donors (Lipinski definition) is 1. The zero-order valence-electron chi connectivity index (χ0n) is 13.3. The Morgan fingerprint density at radius 1 is 1.48 bits per heavy atom. The van der Waals surface area contributed by atoms with Gasteiger partial charge in [0.1, 0.15) is 6.04 Å². The summed E-state index contributed by atoms with van der Waals surface area (Å²) in [6.07, 6.45) is 3.11. The van der Waals surface area contributed by atoms with Gasteiger partial charge in [0.25, 0.3) is 0 Å². The van der Waals surface area contributed by atoms with Crippen LogP contribution in [-0.4, -0.2) is 38.8 Å². The molecule has 0 fully saturated rings. The Kier molecular flexibility index (Phi) is 5.62. The van der Waals surface area contributed by atoms with Crippen LogP contribution in [0.4, 0.5) is 5.69 Å². The molecule has 0 radical (unpaired) electrons. The summed E-state index contributed by atoms with van der Waals surface area (Å²) in [5.74, 6) is -0.169. The largest absolute Gasteiger partial charge is 0.468 e. The summed E-state index contributed by atoms with van der Waals surface area (Å²) in [7, 11) is 1.45. The highest BCUT2D eigenvalue weighted by Gasteiger charge is 2.21. The molecule has 1 aromatic carbocycles. The maximum Gasteiger partial charge on any atom is 0.322 e. The highest BCUT2D eigenvalue weighted by atomic mass is 16.5. The molecule has 0 amide bonds. The van der Waals surface area contributed by atoms with Gasteiger partial charge in [-0.15, -0.1) is 0 Å². The SMILES string of the molecule is CCNC(CCN1CCCc2cc(C)ccc21)C(=O)OC. The minimum absolute atomic E-state index is 0.169. The number of nitrogens with zero attached hydrogens (tertiary/aromatic N) is 1. The molecule has 0 spiro atoms. The van der Waals surface area contributed by atoms with Crippen LogP contribution in [0.15, 0.2) is 18.2 Å². The molecule has 4 heteroatoms. The van der Waals surface area contributed by atoms with Gasteiger partial charge >= 0.3 is 5.97 Å². The molecule has 1 unspecified atom stereocenters. The third-order valence-electron chi connectivity index (χ3n) is 4.07. The zero-order chi connectivity index (χ0) is 15.2. The number of methoxy groups -OCH3 is 1. The van der Waals surface area contributed by atoms with E-state index < -0.39 is 0 Å². The zero-order valence-corrected chi connectivity index (χ0v) is 13.3. The lowest BCUT2D eigenvalue weighted by atomic mass is 9.99. The number of likely N-dealkylation sites (N-methyl/N-ethyl adjacent to an activating group) is 1. The Hall–Kier alpha value is -1.55. The second-order valence-corrected chi connectivity index (χ2v) is 5.64. The van der Waals surface area contributed by atoms with Crippen LogP contribution in [-0.2, 0) is 16.0 Å². The number of carbonyl (C=O) groups is 1. The normalized spacial score (nSPS) is 15.5. The molecule has 2 rings (SSSR count). The Morgan fingerprint density at radius 3 is 3.00 bits per heavy atom. The molecule has 0 saturated heterocycles. The topological polar surface area (TPSA) is 41.6 Å². The number of ether oxygens (including phenoxy) is 1. The minimum Gasteiger partial charge on any atom is -0.468 e. The number of carbonyl (C=O) groups excluding carboxylic acids is 1. The first-order chi connectivity index (χ1) is 10.2. The Bertz CT molecular complexity index is 488. The lowest BCUT2D eigenvalue weighted by Crippen LogP contribution is -2.41. The lowest BCUT2D eigenvalue weighted by Gasteiger charge is -2.32. The first kappa shape index (κ1) is 15.8. The highest BCUT2D eigenvalue weighted by molar-refractivity contribution is 5.75. The van der Waals surface area contributed by atoms with E-state index in [2.05, 4.69) is 35.3 Å². The minimum atomic E-state index is -0.212. The van der Waals surface area contributed by atoms with E-state index in [1.165, 1.54) is 30.3 Å². The van der Waals surface area contributed by atoms with E-state index >= 15 is 0 Å². The predicted octanol–water partition coefficient (Wildman–Crippen LogP) is 2.29. The molecule has 0 saturated carbocycles. The average molecular weight is 290 g/mol. The molecule has 1 aliphatic rings. The van der Waals surface area contributed by atoms with Gasteiger partial charge in [0.2, 0.25) is 0 Å². The van der Waals surface area contributed by atoms with E-state index in [0.29, 0.717) is 0 Å². The van der Waals surface area contributed by atoms with Crippen molar-refractivity contribution in [2.24, 2.45) is 0 Å². The number of anilines is 1. The first-order valence-electron chi connectivity index (χ1n) is 7.81. The summed E-state index contributed by atoms with van der Waals surface area (Å²) < 4.78 is 4.87. The summed E-state index contributed by atoms with van der Waals surface area (Å²) in [5.41, 5.74) is 4.07. The van der Waals surface area contributed by atoms with Crippen LogP contribution in [0.2, 0.25) is 0 Å². The summed E-state index contributed by atoms with van der Waals surface area (Å²) in [4.78, 5) is 14.2. The van der Waals surface area contributed by atoms with Gasteiger partial charge in [0.05, 0.1) is 7.11 Å². The van der Waals surface area contributed by atoms with Crippen molar-refractivity contribution in [2.75, 3.05) is 31.6 Å². The lowest BCUT2D eigenvalue weighted by molar-refractivity contribution is -0.143. The maximum absolute atomic E-state index is 11.8. The van der Waals surface area contributed by atoms with Gasteiger partial charge in [-0.05, 0) is 44.4 Å². The predicted molar refractivity (Wildman–Crippen MR) is 85.8 cm³/mol. The van der Waals surface area contributed by atoms with Crippen molar-refractivity contribution in [3.05, 3.63) is 29.3 Å². The first-order valence-corrected chi connectivity index (χ1v) is 7.81. The quantitative estimate of drug-likeness (QED) is 0.816. The molecule has 1 N–H and O–H groups in total. The second-order valence-electron chi connectivity index (χ2n) is 5.64. The number of nitrogens with one attached hydrogen (secondary N) is 1. The van der Waals surface area contributed by atoms with Crippen LogP contribution < -0.4 is 10.2 Å². The molecule has 4 nitrogen and oxygen atoms in total. The van der Waals surface area contributed by atoms with Gasteiger partial charge in [0.15, 0.2) is 0 Å². The average Bonchev–Trinajstić information content (AvgIpc) is 2.50. The van der Waals surface area contributed by atoms with Gasteiger partial charge in [-0.2, -0.15) is 0 Å². The van der Waals surface area contributed by atoms with Crippen molar-refractivity contribution in [3.8, 4) is 0 Å². The molecular weight excluding hydrogens is 264 g/mol. The van der Waals surface area contributed by atoms with Crippen LogP contribution in [0.3, 0.4) is 0 Å². The van der Waals surface area contributed by atoms with E-state index in [1.54, 1.807) is 0 Å². The fourth-order valence-electron chi connectivity index (χ4n) is 3.01. The van der Waals surface area contributed by atoms with Crippen molar-refractivity contribution in [3.63, 3.8) is 0 Å². The van der Waals surface area contributed by atoms with Gasteiger partial charge in [-0.3, -0.25) is 4.79 Å². The molecule has 0 aromatic heterocycles. The Labute approximate surface area is 127 Å². The van der Waals surface area contributed by atoms with Crippen molar-refractivity contribution < 1.29 is 9.53 Å². The molecule has 116 valence electrons. The number of benzene rings is 1. The molecule has 1 aliphatic heterocycles. The van der Waals surface area contributed by atoms with Crippen LogP contribution in [0.5, 0.6) is 0 Å². The monoisotopic (exact) mass is 290 g/mol. The summed E-state index contributed by atoms with van der Waals surface area (Å²) in [5, 5.41) is 3.20. The number of rotatable bonds is 6. The van der Waals surface area contributed by atoms with E-state index in [0.717, 1.165) is 32.5 Å². The number of fused-ring (bicyclic) bond motifs is 1. The van der Waals surface area contributed by atoms with E-state index in [9.17, 15) is 4.79 Å². The van der Waals surface area contributed by atoms with Gasteiger partial charge in [-0.1, -0.05) is 24.6 Å². The van der Waals surface area contributed by atoms with E-state index in [-0.39, 0.29) is 12.0 Å². The molecular formula is C17H26N2O2. The Morgan fingerprint density at radius 2 is 2.29 bits per heavy atom. The van der Waals surface area contributed by atoms with Gasteiger partial charge in [-0.25, -0.2) is 0 Å². The third kappa shape index (κ3) is 3.97. The number of esters is 1. The van der Waals surface area contributed by atoms with E-state index in [1.807, 2.05) is 6.92 Å². The molecule has 1 aromatic rings. The number of aryl methyl sites for hydroxylation is 2. The maximum atomic E-state index is 11.8. The smallest absolute Gasteiger partial charge is 0.322 e. The summed E-state index contributed by atoms with van der Waals surface area (Å²) >= 11 is 0. The van der Waals surface area contributed by atoms with Gasteiger partial charge in [0, 0.05) is 18.8 Å². The third-order valence-corrected chi connectivity index (χ3v) is 4.07. The molecule has 0 aliphatic carbocycles. The van der Waals surface area contributed by atoms with Crippen LogP contribution >= 0.6 is 0 Å². The van der Waals surface area contributed by atoms with Crippen LogP contribution in [0, 0.1) is 6.92 Å². The van der Waals surface area contributed by atoms with Crippen molar-refractivity contribution >= 4 is 11.7 Å². The van der Waals surface area contributed by atoms with Crippen LogP contribution in [0.25, 0.3) is 0 Å². The molecule has 1 atom stereocenters. The fourth-order valence-corrected chi connectivity index (χ4v) is 3.01. The fraction of sp³-hybridized carbons (Fsp3) is 0.588. The molecule has 0 bridgehead atoms. The Balaban J connectivity index is 2.02. The van der Waals surface area contributed by atoms with E-state index in [4.69, 9.17) is 4.74 Å². The van der Waals surface area contributed by atoms with Crippen molar-refractivity contribution in [2.45, 2.75) is 39.2 Å². The van der Waals surface area contributed by atoms with Crippen LogP contribution in [0.1, 0.15) is 30.9 Å². The van der Waals surface area contributed by atoms with Crippen molar-refractivity contribution in [1.29, 1.82) is 0 Å². The molecule has 21 heavy (non-hydrogen) atoms. The number of hydrogen-bond acceptors (Lipinski definition) is 4. The second kappa shape index (κ2) is 7.46. The van der Waals surface area contributed by atoms with Crippen molar-refractivity contribution in [1.82, 2.24) is 5.32 Å². The standard InChI is InChI=1S/C17H26N2O2/c1-4-18-15(17(20)21-3)9-11-19-10-5-6-14-12-13(2)7-8-16(14)19/h7-8,12,15,18H,4-6,9-11H2,1-3H3.